The molecule has 0 saturated carbocycles. The number of furan rings is 3. The second kappa shape index (κ2) is 11.1. The first kappa shape index (κ1) is 25.5. The SMILES string of the molecule is N#Cc1c(N=Cc2cc(I)c(OCc3cccc4ccccc34)c(I)c2)oc(-c2ccco2)c1-c1ccco1. The van der Waals surface area contributed by atoms with Gasteiger partial charge in [0.2, 0.25) is 5.88 Å². The van der Waals surface area contributed by atoms with Crippen LogP contribution in [0.2, 0.25) is 0 Å². The number of hydrogen-bond acceptors (Lipinski definition) is 6. The van der Waals surface area contributed by atoms with Crippen molar-refractivity contribution in [1.29, 1.82) is 5.26 Å². The third-order valence-corrected chi connectivity index (χ3v) is 7.72. The summed E-state index contributed by atoms with van der Waals surface area (Å²) in [4.78, 5) is 4.54. The molecule has 0 aliphatic rings. The zero-order chi connectivity index (χ0) is 26.8. The number of fused-ring (bicyclic) bond motifs is 1. The highest BCUT2D eigenvalue weighted by Crippen LogP contribution is 2.43. The molecule has 39 heavy (non-hydrogen) atoms. The van der Waals surface area contributed by atoms with Crippen LogP contribution in [0, 0.1) is 18.5 Å². The Balaban J connectivity index is 1.29. The number of aliphatic imine (C=N–C) groups is 1. The van der Waals surface area contributed by atoms with Crippen molar-refractivity contribution < 1.29 is 18.0 Å². The van der Waals surface area contributed by atoms with E-state index in [1.54, 1.807) is 43.0 Å². The smallest absolute Gasteiger partial charge is 0.238 e. The van der Waals surface area contributed by atoms with Crippen LogP contribution in [0.15, 0.2) is 110 Å². The highest BCUT2D eigenvalue weighted by atomic mass is 127. The molecule has 0 saturated heterocycles. The van der Waals surface area contributed by atoms with Crippen molar-refractivity contribution in [3.63, 3.8) is 0 Å². The van der Waals surface area contributed by atoms with E-state index >= 15 is 0 Å². The zero-order valence-electron chi connectivity index (χ0n) is 20.2. The van der Waals surface area contributed by atoms with Gasteiger partial charge in [0.05, 0.1) is 25.2 Å². The van der Waals surface area contributed by atoms with E-state index in [1.165, 1.54) is 10.8 Å². The highest BCUT2D eigenvalue weighted by Gasteiger charge is 2.26. The van der Waals surface area contributed by atoms with Crippen LogP contribution in [0.5, 0.6) is 5.75 Å². The molecule has 0 unspecified atom stereocenters. The van der Waals surface area contributed by atoms with Gasteiger partial charge in [-0.05, 0) is 103 Å². The molecular weight excluding hydrogens is 718 g/mol. The highest BCUT2D eigenvalue weighted by molar-refractivity contribution is 14.1. The number of halogens is 2. The van der Waals surface area contributed by atoms with Crippen molar-refractivity contribution in [3.8, 4) is 34.7 Å². The van der Waals surface area contributed by atoms with Gasteiger partial charge in [0.25, 0.3) is 0 Å². The number of nitrogens with zero attached hydrogens (tertiary/aromatic N) is 2. The Kier molecular flexibility index (Phi) is 7.26. The Labute approximate surface area is 251 Å². The van der Waals surface area contributed by atoms with Gasteiger partial charge in [0.1, 0.15) is 29.7 Å². The van der Waals surface area contributed by atoms with E-state index in [2.05, 4.69) is 86.6 Å². The summed E-state index contributed by atoms with van der Waals surface area (Å²) in [7, 11) is 0. The summed E-state index contributed by atoms with van der Waals surface area (Å²) in [6, 6.07) is 27.8. The van der Waals surface area contributed by atoms with Crippen LogP contribution in [0.4, 0.5) is 5.88 Å². The molecule has 0 N–H and O–H groups in total. The molecule has 3 aromatic carbocycles. The second-order valence-electron chi connectivity index (χ2n) is 8.55. The van der Waals surface area contributed by atoms with Gasteiger partial charge in [-0.25, -0.2) is 4.99 Å². The van der Waals surface area contributed by atoms with E-state index in [9.17, 15) is 5.26 Å². The Morgan fingerprint density at radius 1 is 0.872 bits per heavy atom. The second-order valence-corrected chi connectivity index (χ2v) is 10.9. The lowest BCUT2D eigenvalue weighted by atomic mass is 10.1. The van der Waals surface area contributed by atoms with Crippen molar-refractivity contribution in [2.45, 2.75) is 6.61 Å². The fraction of sp³-hybridized carbons (Fsp3) is 0.0323. The quantitative estimate of drug-likeness (QED) is 0.121. The summed E-state index contributed by atoms with van der Waals surface area (Å²) < 4.78 is 25.3. The molecule has 0 radical (unpaired) electrons. The maximum Gasteiger partial charge on any atom is 0.238 e. The number of nitriles is 1. The van der Waals surface area contributed by atoms with E-state index < -0.39 is 0 Å². The number of benzene rings is 3. The Bertz CT molecular complexity index is 1820. The lowest BCUT2D eigenvalue weighted by molar-refractivity contribution is 0.303. The predicted molar refractivity (Wildman–Crippen MR) is 166 cm³/mol. The summed E-state index contributed by atoms with van der Waals surface area (Å²) in [5.74, 6) is 2.37. The summed E-state index contributed by atoms with van der Waals surface area (Å²) in [5.41, 5.74) is 2.76. The fourth-order valence-corrected chi connectivity index (χ4v) is 6.47. The lowest BCUT2D eigenvalue weighted by Gasteiger charge is -2.13. The van der Waals surface area contributed by atoms with Crippen molar-refractivity contribution in [1.82, 2.24) is 0 Å². The third kappa shape index (κ3) is 5.12. The van der Waals surface area contributed by atoms with E-state index in [1.807, 2.05) is 24.3 Å². The first-order chi connectivity index (χ1) is 19.1. The van der Waals surface area contributed by atoms with Crippen molar-refractivity contribution in [3.05, 3.63) is 115 Å². The van der Waals surface area contributed by atoms with Crippen molar-refractivity contribution in [2.24, 2.45) is 4.99 Å². The van der Waals surface area contributed by atoms with E-state index in [0.717, 1.165) is 24.0 Å². The molecular formula is C31H18I2N2O4. The van der Waals surface area contributed by atoms with Crippen LogP contribution in [0.3, 0.4) is 0 Å². The van der Waals surface area contributed by atoms with Gasteiger partial charge in [-0.3, -0.25) is 0 Å². The molecule has 0 aliphatic heterocycles. The Morgan fingerprint density at radius 2 is 1.59 bits per heavy atom. The first-order valence-corrected chi connectivity index (χ1v) is 14.1. The van der Waals surface area contributed by atoms with Crippen molar-refractivity contribution >= 4 is 68.1 Å². The van der Waals surface area contributed by atoms with Crippen LogP contribution < -0.4 is 4.74 Å². The summed E-state index contributed by atoms with van der Waals surface area (Å²) in [6.07, 6.45) is 4.77. The van der Waals surface area contributed by atoms with Crippen LogP contribution in [-0.4, -0.2) is 6.21 Å². The van der Waals surface area contributed by atoms with Gasteiger partial charge in [-0.15, -0.1) is 0 Å². The van der Waals surface area contributed by atoms with Gasteiger partial charge < -0.3 is 18.0 Å². The molecule has 0 aliphatic carbocycles. The molecule has 0 atom stereocenters. The molecule has 6 aromatic rings. The molecule has 0 fully saturated rings. The maximum atomic E-state index is 9.97. The molecule has 6 nitrogen and oxygen atoms in total. The Morgan fingerprint density at radius 3 is 2.31 bits per heavy atom. The number of hydrogen-bond donors (Lipinski definition) is 0. The van der Waals surface area contributed by atoms with Gasteiger partial charge in [0, 0.05) is 6.21 Å². The molecule has 6 rings (SSSR count). The van der Waals surface area contributed by atoms with Gasteiger partial charge in [0.15, 0.2) is 11.5 Å². The number of rotatable bonds is 7. The third-order valence-electron chi connectivity index (χ3n) is 6.12. The Hall–Kier alpha value is -3.82. The average molecular weight is 736 g/mol. The minimum Gasteiger partial charge on any atom is -0.487 e. The summed E-state index contributed by atoms with van der Waals surface area (Å²) in [5, 5.41) is 12.3. The molecule has 190 valence electrons. The summed E-state index contributed by atoms with van der Waals surface area (Å²) >= 11 is 4.54. The predicted octanol–water partition coefficient (Wildman–Crippen LogP) is 9.36. The molecule has 8 heteroatoms. The standard InChI is InChI=1S/C31H18I2N2O4/c32-24-14-19(15-25(33)29(24)38-18-21-8-3-7-20-6-1-2-9-22(20)21)17-35-31-23(16-34)28(26-10-4-12-36-26)30(39-31)27-11-5-13-37-27/h1-15,17H,18H2. The fourth-order valence-electron chi connectivity index (χ4n) is 4.34. The zero-order valence-corrected chi connectivity index (χ0v) is 24.5. The lowest BCUT2D eigenvalue weighted by Crippen LogP contribution is -2.01. The average Bonchev–Trinajstić information content (AvgIpc) is 3.72. The van der Waals surface area contributed by atoms with Crippen molar-refractivity contribution in [2.75, 3.05) is 0 Å². The van der Waals surface area contributed by atoms with E-state index in [4.69, 9.17) is 18.0 Å². The van der Waals surface area contributed by atoms with E-state index in [0.29, 0.717) is 29.5 Å². The largest absolute Gasteiger partial charge is 0.487 e. The van der Waals surface area contributed by atoms with Crippen LogP contribution in [-0.2, 0) is 6.61 Å². The monoisotopic (exact) mass is 736 g/mol. The molecule has 0 spiro atoms. The van der Waals surface area contributed by atoms with Gasteiger partial charge in [-0.2, -0.15) is 5.26 Å². The number of ether oxygens (including phenoxy) is 1. The summed E-state index contributed by atoms with van der Waals surface area (Å²) in [6.45, 7) is 0.462. The van der Waals surface area contributed by atoms with Gasteiger partial charge >= 0.3 is 0 Å². The van der Waals surface area contributed by atoms with Crippen LogP contribution >= 0.6 is 45.2 Å². The van der Waals surface area contributed by atoms with Gasteiger partial charge in [-0.1, -0.05) is 42.5 Å². The maximum absolute atomic E-state index is 9.97. The normalized spacial score (nSPS) is 11.3. The molecule has 3 heterocycles. The van der Waals surface area contributed by atoms with E-state index in [-0.39, 0.29) is 11.4 Å². The molecule has 3 aromatic heterocycles. The van der Waals surface area contributed by atoms with Crippen LogP contribution in [0.25, 0.3) is 33.6 Å². The molecule has 0 amide bonds. The minimum atomic E-state index is 0.177. The molecule has 0 bridgehead atoms. The minimum absolute atomic E-state index is 0.177. The topological polar surface area (TPSA) is 84.8 Å². The first-order valence-electron chi connectivity index (χ1n) is 11.9. The van der Waals surface area contributed by atoms with Crippen LogP contribution in [0.1, 0.15) is 16.7 Å².